The number of halogens is 3. The Bertz CT molecular complexity index is 448. The first-order valence-electron chi connectivity index (χ1n) is 6.02. The molecule has 6 heteroatoms. The van der Waals surface area contributed by atoms with Crippen molar-refractivity contribution in [3.05, 3.63) is 33.8 Å². The van der Waals surface area contributed by atoms with Gasteiger partial charge in [0.05, 0.1) is 10.6 Å². The van der Waals surface area contributed by atoms with Crippen LogP contribution in [0.15, 0.2) is 18.2 Å². The van der Waals surface area contributed by atoms with Crippen LogP contribution in [0.3, 0.4) is 0 Å². The maximum absolute atomic E-state index is 12.4. The minimum atomic E-state index is -0.0730. The lowest BCUT2D eigenvalue weighted by Gasteiger charge is -2.32. The van der Waals surface area contributed by atoms with Crippen LogP contribution in [0.4, 0.5) is 0 Å². The molecule has 1 atom stereocenters. The van der Waals surface area contributed by atoms with Crippen molar-refractivity contribution in [3.8, 4) is 0 Å². The summed E-state index contributed by atoms with van der Waals surface area (Å²) in [5.41, 5.74) is 0.470. The standard InChI is InChI=1S/C13H16Cl2N2O.ClH/c1-17(10-3-2-6-16-8-10)13(18)11-7-9(14)4-5-12(11)15;/h4-5,7,10,16H,2-3,6,8H2,1H3;1H/t10-;/m0./s1. The van der Waals surface area contributed by atoms with E-state index in [1.165, 1.54) is 0 Å². The van der Waals surface area contributed by atoms with Gasteiger partial charge in [0.2, 0.25) is 0 Å². The summed E-state index contributed by atoms with van der Waals surface area (Å²) in [6.07, 6.45) is 2.11. The highest BCUT2D eigenvalue weighted by Gasteiger charge is 2.24. The topological polar surface area (TPSA) is 32.3 Å². The third kappa shape index (κ3) is 3.99. The van der Waals surface area contributed by atoms with E-state index in [1.54, 1.807) is 23.1 Å². The molecule has 1 aromatic rings. The maximum Gasteiger partial charge on any atom is 0.255 e. The lowest BCUT2D eigenvalue weighted by Crippen LogP contribution is -2.46. The fourth-order valence-electron chi connectivity index (χ4n) is 2.18. The van der Waals surface area contributed by atoms with Gasteiger partial charge in [-0.25, -0.2) is 0 Å². The number of likely N-dealkylation sites (N-methyl/N-ethyl adjacent to an activating group) is 1. The molecule has 0 aromatic heterocycles. The Labute approximate surface area is 129 Å². The summed E-state index contributed by atoms with van der Waals surface area (Å²) in [5.74, 6) is -0.0730. The molecule has 19 heavy (non-hydrogen) atoms. The van der Waals surface area contributed by atoms with Crippen LogP contribution in [0, 0.1) is 0 Å². The Morgan fingerprint density at radius 3 is 2.79 bits per heavy atom. The molecule has 106 valence electrons. The van der Waals surface area contributed by atoms with Crippen LogP contribution in [0.1, 0.15) is 23.2 Å². The number of nitrogens with one attached hydrogen (secondary N) is 1. The Kier molecular flexibility index (Phi) is 6.40. The second kappa shape index (κ2) is 7.34. The molecule has 2 rings (SSSR count). The van der Waals surface area contributed by atoms with Gasteiger partial charge in [0.15, 0.2) is 0 Å². The van der Waals surface area contributed by atoms with Crippen LogP contribution >= 0.6 is 35.6 Å². The highest BCUT2D eigenvalue weighted by Crippen LogP contribution is 2.23. The van der Waals surface area contributed by atoms with Gasteiger partial charge >= 0.3 is 0 Å². The van der Waals surface area contributed by atoms with E-state index in [4.69, 9.17) is 23.2 Å². The zero-order chi connectivity index (χ0) is 13.1. The van der Waals surface area contributed by atoms with E-state index >= 15 is 0 Å². The summed E-state index contributed by atoms with van der Waals surface area (Å²) in [6, 6.07) is 5.19. The van der Waals surface area contributed by atoms with E-state index in [2.05, 4.69) is 5.32 Å². The van der Waals surface area contributed by atoms with Crippen LogP contribution in [0.2, 0.25) is 10.0 Å². The van der Waals surface area contributed by atoms with Crippen molar-refractivity contribution in [3.63, 3.8) is 0 Å². The van der Waals surface area contributed by atoms with Gasteiger partial charge in [-0.15, -0.1) is 12.4 Å². The molecular weight excluding hydrogens is 307 g/mol. The summed E-state index contributed by atoms with van der Waals surface area (Å²) < 4.78 is 0. The van der Waals surface area contributed by atoms with Crippen molar-refractivity contribution in [2.75, 3.05) is 20.1 Å². The number of benzene rings is 1. The van der Waals surface area contributed by atoms with Crippen molar-refractivity contribution >= 4 is 41.5 Å². The molecular formula is C13H17Cl3N2O. The average molecular weight is 324 g/mol. The first-order chi connectivity index (χ1) is 8.59. The van der Waals surface area contributed by atoms with E-state index in [0.29, 0.717) is 15.6 Å². The van der Waals surface area contributed by atoms with E-state index in [-0.39, 0.29) is 24.4 Å². The van der Waals surface area contributed by atoms with E-state index in [9.17, 15) is 4.79 Å². The molecule has 1 amide bonds. The van der Waals surface area contributed by atoms with E-state index in [0.717, 1.165) is 25.9 Å². The normalized spacial score (nSPS) is 18.6. The van der Waals surface area contributed by atoms with Crippen LogP contribution in [-0.2, 0) is 0 Å². The molecule has 1 heterocycles. The number of hydrogen-bond acceptors (Lipinski definition) is 2. The van der Waals surface area contributed by atoms with Gasteiger partial charge in [0.25, 0.3) is 5.91 Å². The molecule has 3 nitrogen and oxygen atoms in total. The predicted molar refractivity (Wildman–Crippen MR) is 81.7 cm³/mol. The zero-order valence-electron chi connectivity index (χ0n) is 10.7. The minimum absolute atomic E-state index is 0. The van der Waals surface area contributed by atoms with E-state index in [1.807, 2.05) is 7.05 Å². The Morgan fingerprint density at radius 1 is 1.42 bits per heavy atom. The van der Waals surface area contributed by atoms with Crippen LogP contribution < -0.4 is 5.32 Å². The lowest BCUT2D eigenvalue weighted by molar-refractivity contribution is 0.0708. The molecule has 0 saturated carbocycles. The van der Waals surface area contributed by atoms with Gasteiger partial charge in [-0.2, -0.15) is 0 Å². The molecule has 1 aliphatic heterocycles. The highest BCUT2D eigenvalue weighted by molar-refractivity contribution is 6.35. The number of carbonyl (C=O) groups is 1. The number of carbonyl (C=O) groups excluding carboxylic acids is 1. The van der Waals surface area contributed by atoms with Gasteiger partial charge in [-0.3, -0.25) is 4.79 Å². The SMILES string of the molecule is CN(C(=O)c1cc(Cl)ccc1Cl)[C@H]1CCCNC1.Cl. The fourth-order valence-corrected chi connectivity index (χ4v) is 2.55. The number of rotatable bonds is 2. The second-order valence-corrected chi connectivity index (χ2v) is 5.38. The first-order valence-corrected chi connectivity index (χ1v) is 6.78. The minimum Gasteiger partial charge on any atom is -0.337 e. The molecule has 1 aliphatic rings. The molecule has 0 aliphatic carbocycles. The quantitative estimate of drug-likeness (QED) is 0.906. The van der Waals surface area contributed by atoms with Gasteiger partial charge < -0.3 is 10.2 Å². The predicted octanol–water partition coefficient (Wildman–Crippen LogP) is 3.24. The Morgan fingerprint density at radius 2 is 2.16 bits per heavy atom. The molecule has 1 aromatic carbocycles. The Balaban J connectivity index is 0.00000180. The van der Waals surface area contributed by atoms with Crippen molar-refractivity contribution in [1.82, 2.24) is 10.2 Å². The summed E-state index contributed by atoms with van der Waals surface area (Å²) in [5, 5.41) is 4.27. The van der Waals surface area contributed by atoms with Crippen molar-refractivity contribution in [2.45, 2.75) is 18.9 Å². The molecule has 0 radical (unpaired) electrons. The van der Waals surface area contributed by atoms with Crippen molar-refractivity contribution < 1.29 is 4.79 Å². The maximum atomic E-state index is 12.4. The largest absolute Gasteiger partial charge is 0.337 e. The summed E-state index contributed by atoms with van der Waals surface area (Å²) in [6.45, 7) is 1.86. The number of amides is 1. The first kappa shape index (κ1) is 16.6. The smallest absolute Gasteiger partial charge is 0.255 e. The fraction of sp³-hybridized carbons (Fsp3) is 0.462. The van der Waals surface area contributed by atoms with Crippen LogP contribution in [0.5, 0.6) is 0 Å². The lowest BCUT2D eigenvalue weighted by atomic mass is 10.1. The number of piperidine rings is 1. The van der Waals surface area contributed by atoms with Gasteiger partial charge in [-0.05, 0) is 37.6 Å². The number of hydrogen-bond donors (Lipinski definition) is 1. The van der Waals surface area contributed by atoms with Gasteiger partial charge in [-0.1, -0.05) is 23.2 Å². The average Bonchev–Trinajstić information content (AvgIpc) is 2.41. The molecule has 0 unspecified atom stereocenters. The summed E-state index contributed by atoms with van der Waals surface area (Å²) >= 11 is 12.0. The van der Waals surface area contributed by atoms with E-state index < -0.39 is 0 Å². The monoisotopic (exact) mass is 322 g/mol. The van der Waals surface area contributed by atoms with Crippen molar-refractivity contribution in [2.24, 2.45) is 0 Å². The highest BCUT2D eigenvalue weighted by atomic mass is 35.5. The summed E-state index contributed by atoms with van der Waals surface area (Å²) in [4.78, 5) is 14.1. The Hall–Kier alpha value is -0.480. The summed E-state index contributed by atoms with van der Waals surface area (Å²) in [7, 11) is 1.82. The molecule has 1 fully saturated rings. The molecule has 1 saturated heterocycles. The third-order valence-electron chi connectivity index (χ3n) is 3.30. The van der Waals surface area contributed by atoms with Gasteiger partial charge in [0, 0.05) is 24.7 Å². The number of nitrogens with zero attached hydrogens (tertiary/aromatic N) is 1. The van der Waals surface area contributed by atoms with Crippen LogP contribution in [-0.4, -0.2) is 37.0 Å². The molecule has 1 N–H and O–H groups in total. The van der Waals surface area contributed by atoms with Gasteiger partial charge in [0.1, 0.15) is 0 Å². The third-order valence-corrected chi connectivity index (χ3v) is 3.86. The van der Waals surface area contributed by atoms with Crippen molar-refractivity contribution in [1.29, 1.82) is 0 Å². The van der Waals surface area contributed by atoms with Crippen LogP contribution in [0.25, 0.3) is 0 Å². The second-order valence-electron chi connectivity index (χ2n) is 4.54. The molecule has 0 spiro atoms. The molecule has 0 bridgehead atoms. The zero-order valence-corrected chi connectivity index (χ0v) is 13.0.